The molecule has 1 fully saturated rings. The summed E-state index contributed by atoms with van der Waals surface area (Å²) in [6, 6.07) is 0. The molecule has 1 saturated heterocycles. The Kier molecular flexibility index (Phi) is 5.02. The highest BCUT2D eigenvalue weighted by atomic mass is 16.7. The molecule has 0 aromatic carbocycles. The Morgan fingerprint density at radius 1 is 1.60 bits per heavy atom. The number of carbonyl (C=O) groups is 2. The van der Waals surface area contributed by atoms with Crippen LogP contribution in [0.15, 0.2) is 0 Å². The van der Waals surface area contributed by atoms with Crippen LogP contribution < -0.4 is 16.7 Å². The lowest BCUT2D eigenvalue weighted by Crippen LogP contribution is -2.32. The Balaban J connectivity index is 2.20. The first-order chi connectivity index (χ1) is 7.22. The predicted molar refractivity (Wildman–Crippen MR) is 52.1 cm³/mol. The molecule has 1 rings (SSSR count). The van der Waals surface area contributed by atoms with Crippen molar-refractivity contribution in [3.63, 3.8) is 0 Å². The molecule has 0 aromatic heterocycles. The van der Waals surface area contributed by atoms with Crippen molar-refractivity contribution in [2.75, 3.05) is 26.2 Å². The van der Waals surface area contributed by atoms with Gasteiger partial charge in [0.15, 0.2) is 0 Å². The average molecular weight is 216 g/mol. The molecule has 0 atom stereocenters. The summed E-state index contributed by atoms with van der Waals surface area (Å²) in [5.74, 6) is 4.48. The highest BCUT2D eigenvalue weighted by Crippen LogP contribution is 1.98. The van der Waals surface area contributed by atoms with E-state index in [1.54, 1.807) is 0 Å². The van der Waals surface area contributed by atoms with Crippen LogP contribution in [0.1, 0.15) is 12.8 Å². The fraction of sp³-hybridized carbons (Fsp3) is 0.750. The fourth-order valence-corrected chi connectivity index (χ4v) is 1.40. The van der Waals surface area contributed by atoms with Crippen LogP contribution in [-0.2, 0) is 14.4 Å². The van der Waals surface area contributed by atoms with Gasteiger partial charge in [0.25, 0.3) is 0 Å². The molecule has 0 radical (unpaired) electrons. The molecule has 7 heteroatoms. The van der Waals surface area contributed by atoms with Gasteiger partial charge in [0, 0.05) is 32.6 Å². The van der Waals surface area contributed by atoms with Crippen molar-refractivity contribution in [2.45, 2.75) is 12.8 Å². The van der Waals surface area contributed by atoms with Crippen molar-refractivity contribution >= 4 is 11.9 Å². The Hall–Kier alpha value is -1.18. The maximum absolute atomic E-state index is 11.0. The first-order valence-electron chi connectivity index (χ1n) is 4.86. The van der Waals surface area contributed by atoms with Gasteiger partial charge in [-0.15, -0.1) is 0 Å². The highest BCUT2D eigenvalue weighted by molar-refractivity contribution is 5.76. The summed E-state index contributed by atoms with van der Waals surface area (Å²) in [5.41, 5.74) is 1.84. The van der Waals surface area contributed by atoms with E-state index in [4.69, 9.17) is 5.84 Å². The molecule has 0 bridgehead atoms. The number of hydrogen-bond acceptors (Lipinski definition) is 6. The van der Waals surface area contributed by atoms with E-state index in [1.807, 2.05) is 10.5 Å². The van der Waals surface area contributed by atoms with E-state index < -0.39 is 5.97 Å². The van der Waals surface area contributed by atoms with Crippen LogP contribution in [0.4, 0.5) is 0 Å². The quantitative estimate of drug-likeness (QED) is 0.376. The molecular formula is C8H16N4O3. The molecule has 4 N–H and O–H groups in total. The molecule has 1 heterocycles. The van der Waals surface area contributed by atoms with Crippen LogP contribution in [-0.4, -0.2) is 43.0 Å². The van der Waals surface area contributed by atoms with Crippen molar-refractivity contribution < 1.29 is 14.4 Å². The average Bonchev–Trinajstić information content (AvgIpc) is 2.41. The Morgan fingerprint density at radius 3 is 3.13 bits per heavy atom. The smallest absolute Gasteiger partial charge is 0.327 e. The number of nitrogens with one attached hydrogen (secondary N) is 2. The zero-order valence-electron chi connectivity index (χ0n) is 8.49. The van der Waals surface area contributed by atoms with Crippen molar-refractivity contribution in [3.05, 3.63) is 0 Å². The zero-order chi connectivity index (χ0) is 11.1. The molecule has 15 heavy (non-hydrogen) atoms. The first-order valence-corrected chi connectivity index (χ1v) is 4.86. The van der Waals surface area contributed by atoms with Crippen molar-refractivity contribution in [3.8, 4) is 0 Å². The summed E-state index contributed by atoms with van der Waals surface area (Å²) in [5, 5.41) is 2.76. The number of nitrogens with two attached hydrogens (primary N) is 1. The molecular weight excluding hydrogens is 200 g/mol. The van der Waals surface area contributed by atoms with Gasteiger partial charge in [-0.05, 0) is 0 Å². The molecule has 0 unspecified atom stereocenters. The van der Waals surface area contributed by atoms with Gasteiger partial charge >= 0.3 is 5.97 Å². The Morgan fingerprint density at radius 2 is 2.40 bits per heavy atom. The van der Waals surface area contributed by atoms with Crippen molar-refractivity contribution in [1.29, 1.82) is 0 Å². The van der Waals surface area contributed by atoms with E-state index in [9.17, 15) is 9.59 Å². The third kappa shape index (κ3) is 4.73. The lowest BCUT2D eigenvalue weighted by molar-refractivity contribution is -0.151. The summed E-state index contributed by atoms with van der Waals surface area (Å²) in [6.45, 7) is 2.64. The van der Waals surface area contributed by atoms with E-state index in [1.165, 1.54) is 0 Å². The molecule has 0 aromatic rings. The van der Waals surface area contributed by atoms with E-state index >= 15 is 0 Å². The molecule has 0 saturated carbocycles. The largest absolute Gasteiger partial charge is 0.356 e. The summed E-state index contributed by atoms with van der Waals surface area (Å²) in [4.78, 5) is 28.4. The van der Waals surface area contributed by atoms with Crippen LogP contribution in [0, 0.1) is 0 Å². The van der Waals surface area contributed by atoms with Gasteiger partial charge in [0.1, 0.15) is 0 Å². The van der Waals surface area contributed by atoms with Crippen LogP contribution in [0.2, 0.25) is 0 Å². The van der Waals surface area contributed by atoms with Gasteiger partial charge in [-0.1, -0.05) is 5.59 Å². The summed E-state index contributed by atoms with van der Waals surface area (Å²) < 4.78 is 0. The third-order valence-electron chi connectivity index (χ3n) is 2.21. The SMILES string of the molecule is NNOC(=O)CCN1CCNC(=O)CC1. The fourth-order valence-electron chi connectivity index (χ4n) is 1.40. The number of carbonyl (C=O) groups excluding carboxylic acids is 2. The molecule has 86 valence electrons. The minimum absolute atomic E-state index is 0.0590. The molecule has 7 nitrogen and oxygen atoms in total. The van der Waals surface area contributed by atoms with Crippen LogP contribution in [0.25, 0.3) is 0 Å². The van der Waals surface area contributed by atoms with Crippen molar-refractivity contribution in [1.82, 2.24) is 15.8 Å². The zero-order valence-corrected chi connectivity index (χ0v) is 8.49. The molecule has 0 spiro atoms. The number of hydrogen-bond donors (Lipinski definition) is 3. The lowest BCUT2D eigenvalue weighted by atomic mass is 10.3. The van der Waals surface area contributed by atoms with Gasteiger partial charge in [0.05, 0.1) is 6.42 Å². The maximum Gasteiger partial charge on any atom is 0.327 e. The minimum Gasteiger partial charge on any atom is -0.356 e. The van der Waals surface area contributed by atoms with E-state index in [0.717, 1.165) is 6.54 Å². The van der Waals surface area contributed by atoms with Gasteiger partial charge < -0.3 is 15.1 Å². The normalized spacial score (nSPS) is 18.1. The number of amides is 1. The van der Waals surface area contributed by atoms with Crippen LogP contribution in [0.3, 0.4) is 0 Å². The number of rotatable bonds is 4. The van der Waals surface area contributed by atoms with Gasteiger partial charge in [-0.25, -0.2) is 5.84 Å². The van der Waals surface area contributed by atoms with Crippen molar-refractivity contribution in [2.24, 2.45) is 5.84 Å². The summed E-state index contributed by atoms with van der Waals surface area (Å²) in [7, 11) is 0. The first kappa shape index (κ1) is 11.9. The highest BCUT2D eigenvalue weighted by Gasteiger charge is 2.14. The second kappa shape index (κ2) is 6.33. The molecule has 1 aliphatic rings. The summed E-state index contributed by atoms with van der Waals surface area (Å²) >= 11 is 0. The van der Waals surface area contributed by atoms with Crippen LogP contribution >= 0.6 is 0 Å². The third-order valence-corrected chi connectivity index (χ3v) is 2.21. The lowest BCUT2D eigenvalue weighted by Gasteiger charge is -2.17. The van der Waals surface area contributed by atoms with Crippen LogP contribution in [0.5, 0.6) is 0 Å². The van der Waals surface area contributed by atoms with E-state index in [0.29, 0.717) is 26.1 Å². The second-order valence-corrected chi connectivity index (χ2v) is 3.28. The molecule has 1 amide bonds. The molecule has 0 aliphatic carbocycles. The minimum atomic E-state index is -0.402. The standard InChI is InChI=1S/C8H16N4O3/c9-11-15-8(14)2-5-12-4-1-7(13)10-3-6-12/h11H,1-6,9H2,(H,10,13). The Labute approximate surface area is 87.8 Å². The van der Waals surface area contributed by atoms with Gasteiger partial charge in [-0.2, -0.15) is 0 Å². The predicted octanol–water partition coefficient (Wildman–Crippen LogP) is -1.88. The monoisotopic (exact) mass is 216 g/mol. The van der Waals surface area contributed by atoms with Gasteiger partial charge in [-0.3, -0.25) is 9.59 Å². The van der Waals surface area contributed by atoms with Gasteiger partial charge in [0.2, 0.25) is 5.91 Å². The number of nitrogens with zero attached hydrogens (tertiary/aromatic N) is 1. The number of hydrazine groups is 1. The Bertz CT molecular complexity index is 234. The topological polar surface area (TPSA) is 96.7 Å². The van der Waals surface area contributed by atoms with E-state index in [2.05, 4.69) is 10.2 Å². The maximum atomic E-state index is 11.0. The van der Waals surface area contributed by atoms with E-state index in [-0.39, 0.29) is 12.3 Å². The summed E-state index contributed by atoms with van der Waals surface area (Å²) in [6.07, 6.45) is 0.739. The molecule has 1 aliphatic heterocycles. The second-order valence-electron chi connectivity index (χ2n) is 3.28.